The first kappa shape index (κ1) is 13.9. The number of nitrogens with zero attached hydrogens (tertiary/aromatic N) is 4. The van der Waals surface area contributed by atoms with Gasteiger partial charge < -0.3 is 5.32 Å². The first-order valence-corrected chi connectivity index (χ1v) is 7.54. The molecule has 0 saturated carbocycles. The fourth-order valence-corrected chi connectivity index (χ4v) is 2.72. The Morgan fingerprint density at radius 3 is 3.10 bits per heavy atom. The van der Waals surface area contributed by atoms with Crippen LogP contribution in [0, 0.1) is 5.92 Å². The van der Waals surface area contributed by atoms with Gasteiger partial charge >= 0.3 is 0 Å². The lowest BCUT2D eigenvalue weighted by molar-refractivity contribution is 0.415. The fraction of sp³-hybridized carbons (Fsp3) is 0.438. The Morgan fingerprint density at radius 2 is 2.33 bits per heavy atom. The molecule has 3 rings (SSSR count). The van der Waals surface area contributed by atoms with Gasteiger partial charge in [-0.1, -0.05) is 24.3 Å². The van der Waals surface area contributed by atoms with Crippen LogP contribution in [0.4, 0.5) is 0 Å². The normalized spacial score (nSPS) is 19.6. The van der Waals surface area contributed by atoms with Crippen LogP contribution < -0.4 is 5.32 Å². The zero-order chi connectivity index (χ0) is 14.5. The third kappa shape index (κ3) is 3.55. The topological polar surface area (TPSA) is 55.6 Å². The van der Waals surface area contributed by atoms with Gasteiger partial charge in [0.1, 0.15) is 6.33 Å². The molecule has 5 nitrogen and oxygen atoms in total. The minimum atomic E-state index is 0.326. The van der Waals surface area contributed by atoms with Crippen molar-refractivity contribution in [2.24, 2.45) is 5.92 Å². The number of aromatic nitrogens is 4. The van der Waals surface area contributed by atoms with Gasteiger partial charge in [-0.05, 0) is 66.8 Å². The number of hydrogen-bond acceptors (Lipinski definition) is 4. The Morgan fingerprint density at radius 1 is 1.38 bits per heavy atom. The highest BCUT2D eigenvalue weighted by Gasteiger charge is 2.12. The monoisotopic (exact) mass is 283 g/mol. The summed E-state index contributed by atoms with van der Waals surface area (Å²) in [6.45, 7) is 3.28. The Balaban J connectivity index is 1.63. The Hall–Kier alpha value is -2.01. The number of nitrogens with one attached hydrogen (secondary N) is 1. The van der Waals surface area contributed by atoms with Crippen molar-refractivity contribution in [1.29, 1.82) is 0 Å². The summed E-state index contributed by atoms with van der Waals surface area (Å²) in [4.78, 5) is 0. The molecule has 1 aromatic carbocycles. The van der Waals surface area contributed by atoms with E-state index in [9.17, 15) is 0 Å². The van der Waals surface area contributed by atoms with E-state index in [1.165, 1.54) is 24.8 Å². The average molecular weight is 283 g/mol. The van der Waals surface area contributed by atoms with Crippen LogP contribution in [0.15, 0.2) is 42.7 Å². The van der Waals surface area contributed by atoms with Crippen LogP contribution >= 0.6 is 0 Å². The summed E-state index contributed by atoms with van der Waals surface area (Å²) in [6, 6.07) is 8.67. The van der Waals surface area contributed by atoms with Crippen molar-refractivity contribution in [3.05, 3.63) is 48.3 Å². The summed E-state index contributed by atoms with van der Waals surface area (Å²) in [5.74, 6) is 0.764. The van der Waals surface area contributed by atoms with Crippen LogP contribution in [-0.2, 0) is 0 Å². The van der Waals surface area contributed by atoms with Crippen molar-refractivity contribution < 1.29 is 0 Å². The number of benzene rings is 1. The van der Waals surface area contributed by atoms with E-state index in [1.54, 1.807) is 11.0 Å². The molecule has 1 aliphatic carbocycles. The van der Waals surface area contributed by atoms with Crippen molar-refractivity contribution >= 4 is 0 Å². The lowest BCUT2D eigenvalue weighted by Gasteiger charge is -2.22. The number of tetrazole rings is 1. The second kappa shape index (κ2) is 6.63. The smallest absolute Gasteiger partial charge is 0.143 e. The largest absolute Gasteiger partial charge is 0.310 e. The van der Waals surface area contributed by atoms with Gasteiger partial charge in [-0.25, -0.2) is 4.68 Å². The standard InChI is InChI=1S/C16H21N5/c1-13(17-11-14-6-3-2-4-7-14)15-8-5-9-16(10-15)21-12-18-19-20-21/h2-3,5,8-10,12-14,17H,4,6-7,11H2,1H3. The van der Waals surface area contributed by atoms with E-state index in [1.807, 2.05) is 12.1 Å². The molecule has 110 valence electrons. The Kier molecular flexibility index (Phi) is 4.40. The van der Waals surface area contributed by atoms with Gasteiger partial charge in [0.25, 0.3) is 0 Å². The van der Waals surface area contributed by atoms with Gasteiger partial charge in [-0.2, -0.15) is 0 Å². The highest BCUT2D eigenvalue weighted by molar-refractivity contribution is 5.35. The first-order chi connectivity index (χ1) is 10.3. The maximum Gasteiger partial charge on any atom is 0.143 e. The lowest BCUT2D eigenvalue weighted by Crippen LogP contribution is -2.26. The van der Waals surface area contributed by atoms with Crippen LogP contribution in [0.25, 0.3) is 5.69 Å². The molecule has 2 unspecified atom stereocenters. The summed E-state index contributed by atoms with van der Waals surface area (Å²) < 4.78 is 1.68. The molecule has 1 aliphatic rings. The zero-order valence-electron chi connectivity index (χ0n) is 12.3. The highest BCUT2D eigenvalue weighted by atomic mass is 15.5. The van der Waals surface area contributed by atoms with Crippen molar-refractivity contribution in [1.82, 2.24) is 25.5 Å². The quantitative estimate of drug-likeness (QED) is 0.857. The van der Waals surface area contributed by atoms with Crippen LogP contribution in [0.1, 0.15) is 37.8 Å². The molecule has 0 saturated heterocycles. The summed E-state index contributed by atoms with van der Waals surface area (Å²) >= 11 is 0. The lowest BCUT2D eigenvalue weighted by atomic mass is 9.94. The second-order valence-electron chi connectivity index (χ2n) is 5.63. The summed E-state index contributed by atoms with van der Waals surface area (Å²) in [5, 5.41) is 14.9. The van der Waals surface area contributed by atoms with Gasteiger partial charge in [0.05, 0.1) is 5.69 Å². The summed E-state index contributed by atoms with van der Waals surface area (Å²) in [7, 11) is 0. The number of allylic oxidation sites excluding steroid dienone is 2. The molecule has 1 N–H and O–H groups in total. The van der Waals surface area contributed by atoms with Gasteiger partial charge in [-0.3, -0.25) is 0 Å². The van der Waals surface area contributed by atoms with Gasteiger partial charge in [0.2, 0.25) is 0 Å². The molecule has 21 heavy (non-hydrogen) atoms. The molecule has 5 heteroatoms. The summed E-state index contributed by atoms with van der Waals surface area (Å²) in [6.07, 6.45) is 9.92. The molecule has 1 aromatic heterocycles. The SMILES string of the molecule is CC(NCC1CC=CCC1)c1cccc(-n2cnnn2)c1. The van der Waals surface area contributed by atoms with E-state index in [0.717, 1.165) is 18.2 Å². The van der Waals surface area contributed by atoms with Crippen LogP contribution in [0.5, 0.6) is 0 Å². The molecule has 0 spiro atoms. The second-order valence-corrected chi connectivity index (χ2v) is 5.63. The van der Waals surface area contributed by atoms with E-state index < -0.39 is 0 Å². The molecular formula is C16H21N5. The Labute approximate surface area is 125 Å². The van der Waals surface area contributed by atoms with Gasteiger partial charge in [0.15, 0.2) is 0 Å². The van der Waals surface area contributed by atoms with Crippen molar-refractivity contribution in [2.75, 3.05) is 6.54 Å². The number of hydrogen-bond donors (Lipinski definition) is 1. The average Bonchev–Trinajstić information content (AvgIpc) is 3.08. The molecule has 2 atom stereocenters. The molecular weight excluding hydrogens is 262 g/mol. The number of rotatable bonds is 5. The summed E-state index contributed by atoms with van der Waals surface area (Å²) in [5.41, 5.74) is 2.25. The van der Waals surface area contributed by atoms with Crippen molar-refractivity contribution in [2.45, 2.75) is 32.2 Å². The molecule has 0 aliphatic heterocycles. The van der Waals surface area contributed by atoms with Crippen LogP contribution in [0.2, 0.25) is 0 Å². The van der Waals surface area contributed by atoms with E-state index in [-0.39, 0.29) is 0 Å². The van der Waals surface area contributed by atoms with Crippen molar-refractivity contribution in [3.63, 3.8) is 0 Å². The first-order valence-electron chi connectivity index (χ1n) is 7.54. The molecule has 1 heterocycles. The maximum atomic E-state index is 3.93. The Bertz CT molecular complexity index is 590. The predicted molar refractivity (Wildman–Crippen MR) is 82.1 cm³/mol. The molecule has 0 bridgehead atoms. The van der Waals surface area contributed by atoms with Gasteiger partial charge in [-0.15, -0.1) is 5.10 Å². The molecule has 0 amide bonds. The highest BCUT2D eigenvalue weighted by Crippen LogP contribution is 2.20. The van der Waals surface area contributed by atoms with E-state index in [4.69, 9.17) is 0 Å². The van der Waals surface area contributed by atoms with E-state index in [0.29, 0.717) is 6.04 Å². The minimum Gasteiger partial charge on any atom is -0.310 e. The van der Waals surface area contributed by atoms with Crippen molar-refractivity contribution in [3.8, 4) is 5.69 Å². The third-order valence-corrected chi connectivity index (χ3v) is 4.07. The zero-order valence-corrected chi connectivity index (χ0v) is 12.3. The van der Waals surface area contributed by atoms with E-state index >= 15 is 0 Å². The third-order valence-electron chi connectivity index (χ3n) is 4.07. The van der Waals surface area contributed by atoms with Crippen LogP contribution in [-0.4, -0.2) is 26.8 Å². The molecule has 2 aromatic rings. The predicted octanol–water partition coefficient (Wildman–Crippen LogP) is 2.67. The fourth-order valence-electron chi connectivity index (χ4n) is 2.72. The molecule has 0 fully saturated rings. The van der Waals surface area contributed by atoms with E-state index in [2.05, 4.69) is 52.1 Å². The molecule has 0 radical (unpaired) electrons. The maximum absolute atomic E-state index is 3.93. The van der Waals surface area contributed by atoms with Crippen LogP contribution in [0.3, 0.4) is 0 Å². The minimum absolute atomic E-state index is 0.326. The van der Waals surface area contributed by atoms with Gasteiger partial charge in [0, 0.05) is 6.04 Å².